The maximum Gasteiger partial charge on any atom is 0.277 e. The lowest BCUT2D eigenvalue weighted by Crippen LogP contribution is -1.85. The fraction of sp³-hybridized carbons (Fsp3) is 0.200. The number of aryl methyl sites for hydroxylation is 2. The van der Waals surface area contributed by atoms with Gasteiger partial charge in [-0.15, -0.1) is 10.2 Å². The van der Waals surface area contributed by atoms with E-state index in [9.17, 15) is 0 Å². The molecule has 4 nitrogen and oxygen atoms in total. The molecule has 2 aromatic heterocycles. The number of hydrogen-bond donors (Lipinski definition) is 1. The average molecular weight is 285 g/mol. The number of hydrogen-bond acceptors (Lipinski definition) is 4. The molecule has 0 saturated carbocycles. The largest absolute Gasteiger partial charge is 0.410 e. The van der Waals surface area contributed by atoms with Crippen molar-refractivity contribution >= 4 is 11.8 Å². The Morgan fingerprint density at radius 3 is 2.65 bits per heavy atom. The zero-order valence-electron chi connectivity index (χ0n) is 11.4. The number of thioether (sulfide) groups is 1. The molecule has 20 heavy (non-hydrogen) atoms. The number of H-pyrrole nitrogens is 1. The molecule has 3 aromatic rings. The van der Waals surface area contributed by atoms with Crippen LogP contribution in [0.2, 0.25) is 0 Å². The maximum atomic E-state index is 5.62. The number of rotatable bonds is 4. The van der Waals surface area contributed by atoms with Gasteiger partial charge in [0.25, 0.3) is 11.1 Å². The first-order valence-electron chi connectivity index (χ1n) is 6.38. The fourth-order valence-corrected chi connectivity index (χ4v) is 2.83. The van der Waals surface area contributed by atoms with Gasteiger partial charge in [0, 0.05) is 11.9 Å². The summed E-state index contributed by atoms with van der Waals surface area (Å²) in [5.74, 6) is 1.35. The normalized spacial score (nSPS) is 10.9. The zero-order chi connectivity index (χ0) is 13.9. The Morgan fingerprint density at radius 1 is 1.15 bits per heavy atom. The molecular weight excluding hydrogens is 270 g/mol. The number of aromatic amines is 1. The highest BCUT2D eigenvalue weighted by Gasteiger charge is 2.09. The van der Waals surface area contributed by atoms with Crippen LogP contribution in [-0.4, -0.2) is 15.2 Å². The van der Waals surface area contributed by atoms with Crippen molar-refractivity contribution in [2.24, 2.45) is 0 Å². The molecule has 3 rings (SSSR count). The van der Waals surface area contributed by atoms with Crippen molar-refractivity contribution in [3.63, 3.8) is 0 Å². The summed E-state index contributed by atoms with van der Waals surface area (Å²) in [5, 5.41) is 8.69. The summed E-state index contributed by atoms with van der Waals surface area (Å²) < 4.78 is 5.62. The van der Waals surface area contributed by atoms with Crippen molar-refractivity contribution < 1.29 is 4.42 Å². The minimum absolute atomic E-state index is 0.526. The first-order valence-corrected chi connectivity index (χ1v) is 7.36. The maximum absolute atomic E-state index is 5.62. The minimum atomic E-state index is 0.526. The molecule has 5 heteroatoms. The third kappa shape index (κ3) is 2.93. The van der Waals surface area contributed by atoms with Crippen molar-refractivity contribution in [3.8, 4) is 11.6 Å². The molecule has 0 fully saturated rings. The van der Waals surface area contributed by atoms with Gasteiger partial charge < -0.3 is 9.40 Å². The van der Waals surface area contributed by atoms with Gasteiger partial charge in [-0.3, -0.25) is 0 Å². The number of nitrogens with zero attached hydrogens (tertiary/aromatic N) is 2. The second-order valence-corrected chi connectivity index (χ2v) is 5.67. The van der Waals surface area contributed by atoms with Crippen molar-refractivity contribution in [1.82, 2.24) is 15.2 Å². The van der Waals surface area contributed by atoms with Crippen LogP contribution < -0.4 is 0 Å². The van der Waals surface area contributed by atoms with Gasteiger partial charge >= 0.3 is 0 Å². The summed E-state index contributed by atoms with van der Waals surface area (Å²) in [6, 6.07) is 10.3. The Hall–Kier alpha value is -2.01. The van der Waals surface area contributed by atoms with Gasteiger partial charge in [-0.2, -0.15) is 0 Å². The highest BCUT2D eigenvalue weighted by molar-refractivity contribution is 7.98. The predicted molar refractivity (Wildman–Crippen MR) is 79.6 cm³/mol. The Labute approximate surface area is 121 Å². The van der Waals surface area contributed by atoms with E-state index in [4.69, 9.17) is 4.42 Å². The van der Waals surface area contributed by atoms with Crippen molar-refractivity contribution in [2.45, 2.75) is 24.8 Å². The van der Waals surface area contributed by atoms with E-state index in [1.807, 2.05) is 18.3 Å². The topological polar surface area (TPSA) is 54.7 Å². The lowest BCUT2D eigenvalue weighted by atomic mass is 10.1. The third-order valence-electron chi connectivity index (χ3n) is 2.88. The monoisotopic (exact) mass is 285 g/mol. The summed E-state index contributed by atoms with van der Waals surface area (Å²) in [5.41, 5.74) is 4.67. The summed E-state index contributed by atoms with van der Waals surface area (Å²) in [7, 11) is 0. The Kier molecular flexibility index (Phi) is 3.60. The molecule has 0 saturated heterocycles. The lowest BCUT2D eigenvalue weighted by Gasteiger charge is -2.02. The molecule has 0 amide bonds. The molecule has 0 unspecified atom stereocenters. The first-order chi connectivity index (χ1) is 9.70. The van der Waals surface area contributed by atoms with Gasteiger partial charge in [0.2, 0.25) is 0 Å². The molecule has 1 aromatic carbocycles. The molecule has 0 atom stereocenters. The van der Waals surface area contributed by atoms with Crippen LogP contribution in [0.5, 0.6) is 0 Å². The van der Waals surface area contributed by atoms with Crippen LogP contribution in [0, 0.1) is 13.8 Å². The quantitative estimate of drug-likeness (QED) is 0.737. The summed E-state index contributed by atoms with van der Waals surface area (Å²) in [4.78, 5) is 3.05. The molecule has 0 aliphatic heterocycles. The third-order valence-corrected chi connectivity index (χ3v) is 3.77. The second kappa shape index (κ2) is 5.54. The van der Waals surface area contributed by atoms with Crippen LogP contribution in [0.3, 0.4) is 0 Å². The molecule has 0 aliphatic carbocycles. The van der Waals surface area contributed by atoms with E-state index in [1.54, 1.807) is 11.8 Å². The lowest BCUT2D eigenvalue weighted by molar-refractivity contribution is 0.464. The van der Waals surface area contributed by atoms with Crippen LogP contribution in [0.1, 0.15) is 16.7 Å². The fourth-order valence-electron chi connectivity index (χ4n) is 2.14. The van der Waals surface area contributed by atoms with Gasteiger partial charge in [-0.1, -0.05) is 41.1 Å². The Morgan fingerprint density at radius 2 is 1.95 bits per heavy atom. The second-order valence-electron chi connectivity index (χ2n) is 4.74. The van der Waals surface area contributed by atoms with E-state index in [0.717, 1.165) is 11.4 Å². The highest BCUT2D eigenvalue weighted by atomic mass is 32.2. The van der Waals surface area contributed by atoms with Crippen molar-refractivity contribution in [2.75, 3.05) is 0 Å². The SMILES string of the molecule is Cc1cc(C)cc(CSc2nnc(-c3ccc[nH]3)o2)c1. The summed E-state index contributed by atoms with van der Waals surface area (Å²) >= 11 is 1.55. The summed E-state index contributed by atoms with van der Waals surface area (Å²) in [6.07, 6.45) is 1.84. The smallest absolute Gasteiger partial charge is 0.277 e. The number of aromatic nitrogens is 3. The molecule has 0 aliphatic rings. The standard InChI is InChI=1S/C15H15N3OS/c1-10-6-11(2)8-12(7-10)9-20-15-18-17-14(19-15)13-4-3-5-16-13/h3-8,16H,9H2,1-2H3. The highest BCUT2D eigenvalue weighted by Crippen LogP contribution is 2.25. The van der Waals surface area contributed by atoms with Crippen LogP contribution in [0.15, 0.2) is 46.2 Å². The zero-order valence-corrected chi connectivity index (χ0v) is 12.2. The van der Waals surface area contributed by atoms with E-state index >= 15 is 0 Å². The van der Waals surface area contributed by atoms with E-state index in [0.29, 0.717) is 11.1 Å². The molecule has 1 N–H and O–H groups in total. The van der Waals surface area contributed by atoms with Gasteiger partial charge in [0.1, 0.15) is 5.69 Å². The molecular formula is C15H15N3OS. The van der Waals surface area contributed by atoms with E-state index in [1.165, 1.54) is 16.7 Å². The van der Waals surface area contributed by atoms with Crippen molar-refractivity contribution in [1.29, 1.82) is 0 Å². The van der Waals surface area contributed by atoms with E-state index < -0.39 is 0 Å². The molecule has 102 valence electrons. The number of nitrogens with one attached hydrogen (secondary N) is 1. The van der Waals surface area contributed by atoms with Gasteiger partial charge in [-0.05, 0) is 31.5 Å². The molecule has 0 radical (unpaired) electrons. The average Bonchev–Trinajstić information content (AvgIpc) is 3.06. The van der Waals surface area contributed by atoms with Crippen LogP contribution >= 0.6 is 11.8 Å². The van der Waals surface area contributed by atoms with Gasteiger partial charge in [0.15, 0.2) is 0 Å². The predicted octanol–water partition coefficient (Wildman–Crippen LogP) is 3.97. The van der Waals surface area contributed by atoms with Gasteiger partial charge in [-0.25, -0.2) is 0 Å². The van der Waals surface area contributed by atoms with Crippen LogP contribution in [0.4, 0.5) is 0 Å². The van der Waals surface area contributed by atoms with Gasteiger partial charge in [0.05, 0.1) is 0 Å². The Balaban J connectivity index is 1.69. The number of benzene rings is 1. The van der Waals surface area contributed by atoms with Crippen LogP contribution in [-0.2, 0) is 5.75 Å². The first kappa shape index (κ1) is 13.0. The summed E-state index contributed by atoms with van der Waals surface area (Å²) in [6.45, 7) is 4.22. The molecule has 0 bridgehead atoms. The minimum Gasteiger partial charge on any atom is -0.410 e. The van der Waals surface area contributed by atoms with E-state index in [-0.39, 0.29) is 0 Å². The van der Waals surface area contributed by atoms with E-state index in [2.05, 4.69) is 47.2 Å². The Bertz CT molecular complexity index is 683. The van der Waals surface area contributed by atoms with Crippen LogP contribution in [0.25, 0.3) is 11.6 Å². The molecule has 2 heterocycles. The van der Waals surface area contributed by atoms with Crippen molar-refractivity contribution in [3.05, 3.63) is 53.2 Å². The molecule has 0 spiro atoms.